The fraction of sp³-hybridized carbons (Fsp3) is 0.462. The maximum absolute atomic E-state index is 12.8. The zero-order valence-electron chi connectivity index (χ0n) is 21.1. The second-order valence-electron chi connectivity index (χ2n) is 8.22. The maximum Gasteiger partial charge on any atom is 0.255 e. The van der Waals surface area contributed by atoms with Crippen LogP contribution in [0.15, 0.2) is 39.3 Å². The first-order valence-corrected chi connectivity index (χ1v) is 13.5. The standard InChI is InChI=1S/C21H23Br2N3O4.C5H12O/c1-14-18(12-17(22)20(19(14)23)30-11-10-27)24-21(29)15-2-4-16(5-3-15)26-8-6-25(13-28)7-9-26;1-3-4-5-6-2/h2-5,12-13,27H,6-11H2,1H3,(H,24,29);3-5H2,1-2H3. The Morgan fingerprint density at radius 3 is 2.33 bits per heavy atom. The number of halogens is 2. The molecule has 2 aromatic carbocycles. The predicted octanol–water partition coefficient (Wildman–Crippen LogP) is 4.85. The van der Waals surface area contributed by atoms with Gasteiger partial charge < -0.3 is 29.7 Å². The predicted molar refractivity (Wildman–Crippen MR) is 150 cm³/mol. The van der Waals surface area contributed by atoms with Crippen molar-refractivity contribution < 1.29 is 24.2 Å². The van der Waals surface area contributed by atoms with Crippen LogP contribution >= 0.6 is 31.9 Å². The van der Waals surface area contributed by atoms with Crippen molar-refractivity contribution in [3.63, 3.8) is 0 Å². The van der Waals surface area contributed by atoms with Gasteiger partial charge in [-0.1, -0.05) is 13.3 Å². The van der Waals surface area contributed by atoms with Crippen molar-refractivity contribution in [2.24, 2.45) is 0 Å². The van der Waals surface area contributed by atoms with Crippen LogP contribution in [-0.2, 0) is 9.53 Å². The van der Waals surface area contributed by atoms with Gasteiger partial charge in [0.2, 0.25) is 6.41 Å². The molecule has 0 aliphatic carbocycles. The first kappa shape index (κ1) is 30.1. The van der Waals surface area contributed by atoms with E-state index in [4.69, 9.17) is 14.6 Å². The Morgan fingerprint density at radius 2 is 1.81 bits per heavy atom. The van der Waals surface area contributed by atoms with Crippen LogP contribution in [0.1, 0.15) is 35.7 Å². The van der Waals surface area contributed by atoms with E-state index in [-0.39, 0.29) is 19.1 Å². The van der Waals surface area contributed by atoms with Crippen molar-refractivity contribution in [2.45, 2.75) is 26.7 Å². The van der Waals surface area contributed by atoms with Crippen LogP contribution in [0.25, 0.3) is 0 Å². The lowest BCUT2D eigenvalue weighted by atomic mass is 10.1. The van der Waals surface area contributed by atoms with Crippen molar-refractivity contribution in [2.75, 3.05) is 63.3 Å². The van der Waals surface area contributed by atoms with E-state index in [1.807, 2.05) is 19.1 Å². The van der Waals surface area contributed by atoms with Gasteiger partial charge in [-0.05, 0) is 81.1 Å². The van der Waals surface area contributed by atoms with Crippen molar-refractivity contribution in [3.05, 3.63) is 50.4 Å². The quantitative estimate of drug-likeness (QED) is 0.289. The first-order valence-electron chi connectivity index (χ1n) is 11.9. The average molecular weight is 629 g/mol. The monoisotopic (exact) mass is 627 g/mol. The van der Waals surface area contributed by atoms with E-state index in [1.54, 1.807) is 30.2 Å². The van der Waals surface area contributed by atoms with Crippen molar-refractivity contribution in [3.8, 4) is 5.75 Å². The van der Waals surface area contributed by atoms with Crippen LogP contribution in [-0.4, -0.2) is 75.4 Å². The summed E-state index contributed by atoms with van der Waals surface area (Å²) in [7, 11) is 1.73. The highest BCUT2D eigenvalue weighted by atomic mass is 79.9. The van der Waals surface area contributed by atoms with Crippen LogP contribution in [0.4, 0.5) is 11.4 Å². The average Bonchev–Trinajstić information content (AvgIpc) is 2.91. The minimum absolute atomic E-state index is 0.0841. The number of methoxy groups -OCH3 is 1. The second-order valence-corrected chi connectivity index (χ2v) is 9.87. The number of hydrogen-bond donors (Lipinski definition) is 2. The third-order valence-corrected chi connectivity index (χ3v) is 7.21. The molecule has 0 atom stereocenters. The summed E-state index contributed by atoms with van der Waals surface area (Å²) < 4.78 is 11.7. The minimum atomic E-state index is -0.210. The molecule has 1 aliphatic heterocycles. The smallest absolute Gasteiger partial charge is 0.255 e. The molecule has 0 spiro atoms. The number of nitrogens with zero attached hydrogens (tertiary/aromatic N) is 2. The highest BCUT2D eigenvalue weighted by Gasteiger charge is 2.18. The lowest BCUT2D eigenvalue weighted by molar-refractivity contribution is -0.118. The Hall–Kier alpha value is -2.14. The number of hydrogen-bond acceptors (Lipinski definition) is 6. The Kier molecular flexibility index (Phi) is 13.3. The number of ether oxygens (including phenoxy) is 2. The molecule has 8 nitrogen and oxygen atoms in total. The molecule has 0 aromatic heterocycles. The van der Waals surface area contributed by atoms with Gasteiger partial charge in [-0.2, -0.15) is 0 Å². The summed E-state index contributed by atoms with van der Waals surface area (Å²) in [5.41, 5.74) is 3.06. The number of benzene rings is 2. The van der Waals surface area contributed by atoms with Gasteiger partial charge in [0.25, 0.3) is 5.91 Å². The topological polar surface area (TPSA) is 91.3 Å². The molecular formula is C26H35Br2N3O5. The molecule has 2 N–H and O–H groups in total. The molecule has 2 amide bonds. The Bertz CT molecular complexity index is 977. The highest BCUT2D eigenvalue weighted by molar-refractivity contribution is 9.11. The van der Waals surface area contributed by atoms with Crippen molar-refractivity contribution in [1.82, 2.24) is 4.90 Å². The highest BCUT2D eigenvalue weighted by Crippen LogP contribution is 2.40. The summed E-state index contributed by atoms with van der Waals surface area (Å²) in [6, 6.07) is 9.24. The fourth-order valence-electron chi connectivity index (χ4n) is 3.50. The third-order valence-electron chi connectivity index (χ3n) is 5.67. The first-order chi connectivity index (χ1) is 17.4. The molecule has 1 heterocycles. The van der Waals surface area contributed by atoms with E-state index in [0.717, 1.165) is 37.4 Å². The molecule has 1 aliphatic rings. The van der Waals surface area contributed by atoms with E-state index in [0.29, 0.717) is 39.0 Å². The molecule has 2 aromatic rings. The van der Waals surface area contributed by atoms with Gasteiger partial charge in [-0.15, -0.1) is 0 Å². The number of unbranched alkanes of at least 4 members (excludes halogenated alkanes) is 1. The van der Waals surface area contributed by atoms with Gasteiger partial charge in [0.05, 0.1) is 15.6 Å². The second kappa shape index (κ2) is 15.9. The number of carbonyl (C=O) groups is 2. The molecule has 36 heavy (non-hydrogen) atoms. The van der Waals surface area contributed by atoms with Gasteiger partial charge in [-0.25, -0.2) is 0 Å². The van der Waals surface area contributed by atoms with Crippen LogP contribution in [0.5, 0.6) is 5.75 Å². The summed E-state index contributed by atoms with van der Waals surface area (Å²) in [5.74, 6) is 0.372. The number of amides is 2. The Morgan fingerprint density at radius 1 is 1.14 bits per heavy atom. The number of carbonyl (C=O) groups excluding carboxylic acids is 2. The van der Waals surface area contributed by atoms with Gasteiger partial charge in [-0.3, -0.25) is 9.59 Å². The number of anilines is 2. The summed E-state index contributed by atoms with van der Waals surface area (Å²) >= 11 is 6.96. The number of aliphatic hydroxyl groups is 1. The van der Waals surface area contributed by atoms with E-state index in [9.17, 15) is 9.59 Å². The molecule has 1 fully saturated rings. The van der Waals surface area contributed by atoms with E-state index < -0.39 is 0 Å². The number of aliphatic hydroxyl groups excluding tert-OH is 1. The number of nitrogens with one attached hydrogen (secondary N) is 1. The van der Waals surface area contributed by atoms with Crippen LogP contribution in [0, 0.1) is 6.92 Å². The van der Waals surface area contributed by atoms with Crippen LogP contribution in [0.2, 0.25) is 0 Å². The zero-order valence-corrected chi connectivity index (χ0v) is 24.2. The van der Waals surface area contributed by atoms with Crippen LogP contribution < -0.4 is 15.0 Å². The summed E-state index contributed by atoms with van der Waals surface area (Å²) in [6.45, 7) is 7.99. The maximum atomic E-state index is 12.8. The van der Waals surface area contributed by atoms with Crippen molar-refractivity contribution >= 4 is 55.6 Å². The molecule has 0 bridgehead atoms. The van der Waals surface area contributed by atoms with Crippen LogP contribution in [0.3, 0.4) is 0 Å². The molecule has 0 unspecified atom stereocenters. The van der Waals surface area contributed by atoms with E-state index in [2.05, 4.69) is 49.0 Å². The molecule has 0 radical (unpaired) electrons. The summed E-state index contributed by atoms with van der Waals surface area (Å²) in [4.78, 5) is 27.6. The lowest BCUT2D eigenvalue weighted by Crippen LogP contribution is -2.45. The minimum Gasteiger partial charge on any atom is -0.489 e. The molecular weight excluding hydrogens is 594 g/mol. The third kappa shape index (κ3) is 8.76. The lowest BCUT2D eigenvalue weighted by Gasteiger charge is -2.34. The largest absolute Gasteiger partial charge is 0.489 e. The normalized spacial score (nSPS) is 13.1. The number of piperazine rings is 1. The van der Waals surface area contributed by atoms with E-state index >= 15 is 0 Å². The Labute approximate surface area is 230 Å². The SMILES string of the molecule is CCCCOC.Cc1c(NC(=O)c2ccc(N3CCN(C=O)CC3)cc2)cc(Br)c(OCCO)c1Br. The molecule has 0 saturated carbocycles. The molecule has 198 valence electrons. The van der Waals surface area contributed by atoms with E-state index in [1.165, 1.54) is 12.8 Å². The number of rotatable bonds is 10. The summed E-state index contributed by atoms with van der Waals surface area (Å²) in [5, 5.41) is 11.9. The fourth-order valence-corrected chi connectivity index (χ4v) is 4.85. The van der Waals surface area contributed by atoms with Gasteiger partial charge >= 0.3 is 0 Å². The van der Waals surface area contributed by atoms with Gasteiger partial charge in [0.15, 0.2) is 0 Å². The van der Waals surface area contributed by atoms with Crippen molar-refractivity contribution in [1.29, 1.82) is 0 Å². The Balaban J connectivity index is 0.000000678. The van der Waals surface area contributed by atoms with Gasteiger partial charge in [0, 0.05) is 56.8 Å². The summed E-state index contributed by atoms with van der Waals surface area (Å²) in [6.07, 6.45) is 3.30. The molecule has 3 rings (SSSR count). The zero-order chi connectivity index (χ0) is 26.5. The molecule has 10 heteroatoms. The van der Waals surface area contributed by atoms with Gasteiger partial charge in [0.1, 0.15) is 12.4 Å². The molecule has 1 saturated heterocycles.